The molecule has 0 saturated heterocycles. The molecule has 9 rings (SSSR count). The second-order valence-corrected chi connectivity index (χ2v) is 12.1. The molecule has 6 aromatic rings. The zero-order valence-corrected chi connectivity index (χ0v) is 25.0. The molecule has 2 aliphatic carbocycles. The summed E-state index contributed by atoms with van der Waals surface area (Å²) in [7, 11) is 0. The van der Waals surface area contributed by atoms with Crippen LogP contribution in [0.1, 0.15) is 24.3 Å². The SMILES string of the molecule is C1=CCCC(N(c2ccc3c(c2)C2C=CC=CC2N3c2ccccc2)c2ccc3c(c2)c2ccccc2n3-c2ccccc2)=C1. The van der Waals surface area contributed by atoms with Crippen molar-refractivity contribution >= 4 is 44.6 Å². The predicted octanol–water partition coefficient (Wildman–Crippen LogP) is 10.9. The molecule has 0 spiro atoms. The normalized spacial score (nSPS) is 18.3. The van der Waals surface area contributed by atoms with Gasteiger partial charge in [-0.15, -0.1) is 0 Å². The van der Waals surface area contributed by atoms with Gasteiger partial charge in [-0.1, -0.05) is 91.1 Å². The van der Waals surface area contributed by atoms with Gasteiger partial charge in [0.05, 0.1) is 17.1 Å². The van der Waals surface area contributed by atoms with E-state index in [-0.39, 0.29) is 6.04 Å². The van der Waals surface area contributed by atoms with E-state index in [0.29, 0.717) is 5.92 Å². The molecule has 0 radical (unpaired) electrons. The van der Waals surface area contributed by atoms with Crippen molar-refractivity contribution in [1.29, 1.82) is 0 Å². The Labute approximate surface area is 264 Å². The lowest BCUT2D eigenvalue weighted by Gasteiger charge is -2.30. The lowest BCUT2D eigenvalue weighted by molar-refractivity contribution is 0.744. The molecular formula is C42H33N3. The molecule has 1 aromatic heterocycles. The molecule has 5 aromatic carbocycles. The van der Waals surface area contributed by atoms with Crippen LogP contribution in [0.2, 0.25) is 0 Å². The van der Waals surface area contributed by atoms with E-state index in [1.807, 2.05) is 0 Å². The summed E-state index contributed by atoms with van der Waals surface area (Å²) in [6.45, 7) is 0. The molecule has 0 saturated carbocycles. The van der Waals surface area contributed by atoms with Crippen LogP contribution in [0.25, 0.3) is 27.5 Å². The number of hydrogen-bond acceptors (Lipinski definition) is 2. The molecule has 3 heteroatoms. The van der Waals surface area contributed by atoms with E-state index in [1.54, 1.807) is 0 Å². The van der Waals surface area contributed by atoms with Crippen LogP contribution >= 0.6 is 0 Å². The van der Waals surface area contributed by atoms with Crippen molar-refractivity contribution < 1.29 is 0 Å². The summed E-state index contributed by atoms with van der Waals surface area (Å²) in [4.78, 5) is 4.99. The first-order valence-electron chi connectivity index (χ1n) is 15.9. The first-order chi connectivity index (χ1) is 22.3. The Hall–Kier alpha value is -5.54. The predicted molar refractivity (Wildman–Crippen MR) is 189 cm³/mol. The van der Waals surface area contributed by atoms with Crippen molar-refractivity contribution in [3.8, 4) is 5.69 Å². The average Bonchev–Trinajstić information content (AvgIpc) is 3.62. The van der Waals surface area contributed by atoms with Crippen LogP contribution in [0.15, 0.2) is 170 Å². The third-order valence-electron chi connectivity index (χ3n) is 9.53. The van der Waals surface area contributed by atoms with Crippen LogP contribution in [-0.2, 0) is 0 Å². The van der Waals surface area contributed by atoms with Crippen LogP contribution in [0.3, 0.4) is 0 Å². The Kier molecular flexibility index (Phi) is 6.09. The standard InChI is InChI=1S/C42H33N3/c1-4-14-30(15-5-1)43(33-24-26-41-37(28-33)35-20-10-12-22-39(35)44(41)31-16-6-2-7-17-31)34-25-27-42-38(29-34)36-21-11-13-23-40(36)45(42)32-18-8-3-9-19-32/h1-4,6-14,16-29,35,39H,5,15H2. The second-order valence-electron chi connectivity index (χ2n) is 12.1. The first kappa shape index (κ1) is 25.9. The average molecular weight is 580 g/mol. The van der Waals surface area contributed by atoms with Crippen molar-refractivity contribution in [2.45, 2.75) is 24.8 Å². The highest BCUT2D eigenvalue weighted by molar-refractivity contribution is 6.10. The molecule has 2 atom stereocenters. The fraction of sp³-hybridized carbons (Fsp3) is 0.0952. The third-order valence-corrected chi connectivity index (χ3v) is 9.53. The summed E-state index contributed by atoms with van der Waals surface area (Å²) in [6.07, 6.45) is 17.9. The summed E-state index contributed by atoms with van der Waals surface area (Å²) in [6, 6.07) is 44.6. The Balaban J connectivity index is 1.22. The van der Waals surface area contributed by atoms with Crippen LogP contribution in [0, 0.1) is 0 Å². The largest absolute Gasteiger partial charge is 0.333 e. The van der Waals surface area contributed by atoms with E-state index in [0.717, 1.165) is 12.8 Å². The number of allylic oxidation sites excluding steroid dienone is 6. The Morgan fingerprint density at radius 3 is 2.13 bits per heavy atom. The number of aromatic nitrogens is 1. The van der Waals surface area contributed by atoms with E-state index in [2.05, 4.69) is 178 Å². The molecule has 0 N–H and O–H groups in total. The molecule has 2 unspecified atom stereocenters. The summed E-state index contributed by atoms with van der Waals surface area (Å²) in [5.41, 5.74) is 11.2. The quantitative estimate of drug-likeness (QED) is 0.201. The molecule has 1 aliphatic heterocycles. The van der Waals surface area contributed by atoms with Crippen molar-refractivity contribution in [2.24, 2.45) is 0 Å². The molecule has 0 amide bonds. The van der Waals surface area contributed by atoms with Crippen molar-refractivity contribution in [3.63, 3.8) is 0 Å². The van der Waals surface area contributed by atoms with Crippen LogP contribution in [-0.4, -0.2) is 10.6 Å². The molecular weight excluding hydrogens is 546 g/mol. The van der Waals surface area contributed by atoms with Crippen molar-refractivity contribution in [1.82, 2.24) is 4.57 Å². The minimum Gasteiger partial charge on any atom is -0.333 e. The van der Waals surface area contributed by atoms with Gasteiger partial charge in [0, 0.05) is 50.8 Å². The van der Waals surface area contributed by atoms with Gasteiger partial charge in [0.1, 0.15) is 0 Å². The van der Waals surface area contributed by atoms with Crippen LogP contribution in [0.4, 0.5) is 22.7 Å². The maximum atomic E-state index is 2.50. The molecule has 45 heavy (non-hydrogen) atoms. The van der Waals surface area contributed by atoms with E-state index >= 15 is 0 Å². The van der Waals surface area contributed by atoms with Crippen molar-refractivity contribution in [3.05, 3.63) is 175 Å². The summed E-state index contributed by atoms with van der Waals surface area (Å²) in [5, 5.41) is 2.53. The Morgan fingerprint density at radius 1 is 0.600 bits per heavy atom. The number of hydrogen-bond donors (Lipinski definition) is 0. The number of anilines is 4. The van der Waals surface area contributed by atoms with Gasteiger partial charge in [0.2, 0.25) is 0 Å². The molecule has 3 aliphatic rings. The van der Waals surface area contributed by atoms with Crippen molar-refractivity contribution in [2.75, 3.05) is 9.80 Å². The summed E-state index contributed by atoms with van der Waals surface area (Å²) < 4.78 is 2.39. The number of nitrogens with zero attached hydrogens (tertiary/aromatic N) is 3. The maximum Gasteiger partial charge on any atom is 0.0629 e. The number of rotatable bonds is 5. The fourth-order valence-corrected chi connectivity index (χ4v) is 7.57. The number of para-hydroxylation sites is 3. The van der Waals surface area contributed by atoms with Gasteiger partial charge < -0.3 is 14.4 Å². The molecule has 3 nitrogen and oxygen atoms in total. The van der Waals surface area contributed by atoms with Gasteiger partial charge in [-0.25, -0.2) is 0 Å². The zero-order chi connectivity index (χ0) is 29.7. The number of benzene rings is 5. The topological polar surface area (TPSA) is 11.4 Å². The van der Waals surface area contributed by atoms with Gasteiger partial charge in [0.15, 0.2) is 0 Å². The third kappa shape index (κ3) is 4.19. The van der Waals surface area contributed by atoms with Gasteiger partial charge in [0.25, 0.3) is 0 Å². The zero-order valence-electron chi connectivity index (χ0n) is 25.0. The highest BCUT2D eigenvalue weighted by Crippen LogP contribution is 2.50. The van der Waals surface area contributed by atoms with Gasteiger partial charge in [-0.3, -0.25) is 0 Å². The molecule has 216 valence electrons. The lowest BCUT2D eigenvalue weighted by Crippen LogP contribution is -2.28. The maximum absolute atomic E-state index is 2.50. The van der Waals surface area contributed by atoms with Gasteiger partial charge in [-0.2, -0.15) is 0 Å². The fourth-order valence-electron chi connectivity index (χ4n) is 7.57. The van der Waals surface area contributed by atoms with Crippen LogP contribution in [0.5, 0.6) is 0 Å². The molecule has 2 heterocycles. The smallest absolute Gasteiger partial charge is 0.0629 e. The Bertz CT molecular complexity index is 2180. The highest BCUT2D eigenvalue weighted by Gasteiger charge is 2.38. The molecule has 0 fully saturated rings. The van der Waals surface area contributed by atoms with E-state index in [4.69, 9.17) is 0 Å². The molecule has 0 bridgehead atoms. The highest BCUT2D eigenvalue weighted by atomic mass is 15.2. The monoisotopic (exact) mass is 579 g/mol. The number of fused-ring (bicyclic) bond motifs is 6. The van der Waals surface area contributed by atoms with Gasteiger partial charge in [-0.05, 0) is 91.2 Å². The van der Waals surface area contributed by atoms with E-state index in [1.165, 1.54) is 61.5 Å². The summed E-state index contributed by atoms with van der Waals surface area (Å²) in [5.74, 6) is 0.304. The minimum absolute atomic E-state index is 0.272. The second kappa shape index (κ2) is 10.6. The van der Waals surface area contributed by atoms with E-state index < -0.39 is 0 Å². The van der Waals surface area contributed by atoms with Gasteiger partial charge >= 0.3 is 0 Å². The first-order valence-corrected chi connectivity index (χ1v) is 15.9. The summed E-state index contributed by atoms with van der Waals surface area (Å²) >= 11 is 0. The lowest BCUT2D eigenvalue weighted by atomic mass is 9.91. The van der Waals surface area contributed by atoms with E-state index in [9.17, 15) is 0 Å². The minimum atomic E-state index is 0.272. The van der Waals surface area contributed by atoms with Crippen LogP contribution < -0.4 is 9.80 Å². The Morgan fingerprint density at radius 2 is 1.31 bits per heavy atom.